The first-order valence-corrected chi connectivity index (χ1v) is 11.9. The molecule has 2 N–H and O–H groups in total. The van der Waals surface area contributed by atoms with Gasteiger partial charge in [-0.25, -0.2) is 9.67 Å². The lowest BCUT2D eigenvalue weighted by Crippen LogP contribution is -2.24. The molecule has 33 heavy (non-hydrogen) atoms. The number of anilines is 1. The highest BCUT2D eigenvalue weighted by atomic mass is 16.2. The number of nitrogens with zero attached hydrogens (tertiary/aromatic N) is 3. The molecule has 2 aromatic heterocycles. The molecule has 3 aromatic rings. The van der Waals surface area contributed by atoms with Gasteiger partial charge in [-0.15, -0.1) is 0 Å². The van der Waals surface area contributed by atoms with Crippen LogP contribution in [0.1, 0.15) is 87.0 Å². The molecule has 1 aromatic carbocycles. The van der Waals surface area contributed by atoms with Gasteiger partial charge in [0.25, 0.3) is 5.91 Å². The SMILES string of the molecule is CC(C)c1cc(C(=O)NCc2cccc(NC(=O)C3CCCC3)c2)c2cnn(C(C)C)c2n1. The highest BCUT2D eigenvalue weighted by Gasteiger charge is 2.23. The van der Waals surface area contributed by atoms with Crippen LogP contribution in [0.25, 0.3) is 11.0 Å². The molecule has 0 bridgehead atoms. The molecule has 0 aliphatic heterocycles. The molecular weight excluding hydrogens is 414 g/mol. The number of rotatable bonds is 7. The fourth-order valence-corrected chi connectivity index (χ4v) is 4.37. The number of amides is 2. The Hall–Kier alpha value is -3.22. The Morgan fingerprint density at radius 3 is 2.58 bits per heavy atom. The molecule has 7 nitrogen and oxygen atoms in total. The number of nitrogens with one attached hydrogen (secondary N) is 2. The zero-order chi connectivity index (χ0) is 23.5. The van der Waals surface area contributed by atoms with E-state index < -0.39 is 0 Å². The molecule has 0 radical (unpaired) electrons. The van der Waals surface area contributed by atoms with Gasteiger partial charge in [-0.2, -0.15) is 5.10 Å². The average molecular weight is 448 g/mol. The lowest BCUT2D eigenvalue weighted by molar-refractivity contribution is -0.119. The van der Waals surface area contributed by atoms with Crippen molar-refractivity contribution in [3.8, 4) is 0 Å². The molecule has 1 aliphatic carbocycles. The van der Waals surface area contributed by atoms with E-state index in [0.29, 0.717) is 12.1 Å². The maximum Gasteiger partial charge on any atom is 0.252 e. The molecule has 0 atom stereocenters. The summed E-state index contributed by atoms with van der Waals surface area (Å²) in [5, 5.41) is 11.3. The van der Waals surface area contributed by atoms with E-state index >= 15 is 0 Å². The molecule has 1 saturated carbocycles. The van der Waals surface area contributed by atoms with Crippen molar-refractivity contribution in [1.29, 1.82) is 0 Å². The van der Waals surface area contributed by atoms with E-state index in [1.807, 2.05) is 48.9 Å². The Bertz CT molecular complexity index is 1160. The Morgan fingerprint density at radius 2 is 1.88 bits per heavy atom. The summed E-state index contributed by atoms with van der Waals surface area (Å²) in [7, 11) is 0. The number of carbonyl (C=O) groups is 2. The Morgan fingerprint density at radius 1 is 1.12 bits per heavy atom. The van der Waals surface area contributed by atoms with Crippen molar-refractivity contribution in [3.63, 3.8) is 0 Å². The van der Waals surface area contributed by atoms with Gasteiger partial charge in [0.15, 0.2) is 5.65 Å². The lowest BCUT2D eigenvalue weighted by Gasteiger charge is -2.13. The second-order valence-corrected chi connectivity index (χ2v) is 9.52. The molecule has 1 aliphatic rings. The van der Waals surface area contributed by atoms with Gasteiger partial charge in [-0.3, -0.25) is 9.59 Å². The normalized spacial score (nSPS) is 14.4. The molecule has 2 amide bonds. The van der Waals surface area contributed by atoms with Crippen molar-refractivity contribution in [3.05, 3.63) is 53.3 Å². The van der Waals surface area contributed by atoms with Gasteiger partial charge in [0.05, 0.1) is 17.1 Å². The number of fused-ring (bicyclic) bond motifs is 1. The second kappa shape index (κ2) is 9.73. The predicted molar refractivity (Wildman–Crippen MR) is 130 cm³/mol. The maximum absolute atomic E-state index is 13.2. The number of aromatic nitrogens is 3. The first-order valence-electron chi connectivity index (χ1n) is 11.9. The van der Waals surface area contributed by atoms with Gasteiger partial charge < -0.3 is 10.6 Å². The van der Waals surface area contributed by atoms with Crippen LogP contribution in [0.15, 0.2) is 36.5 Å². The fraction of sp³-hybridized carbons (Fsp3) is 0.462. The minimum absolute atomic E-state index is 0.0937. The van der Waals surface area contributed by atoms with E-state index in [0.717, 1.165) is 53.7 Å². The van der Waals surface area contributed by atoms with E-state index in [1.165, 1.54) is 0 Å². The second-order valence-electron chi connectivity index (χ2n) is 9.52. The quantitative estimate of drug-likeness (QED) is 0.521. The van der Waals surface area contributed by atoms with E-state index in [2.05, 4.69) is 29.6 Å². The molecular formula is C26H33N5O2. The largest absolute Gasteiger partial charge is 0.348 e. The number of benzene rings is 1. The molecule has 0 unspecified atom stereocenters. The summed E-state index contributed by atoms with van der Waals surface area (Å²) in [4.78, 5) is 30.4. The van der Waals surface area contributed by atoms with Crippen molar-refractivity contribution < 1.29 is 9.59 Å². The third kappa shape index (κ3) is 5.07. The van der Waals surface area contributed by atoms with Crippen LogP contribution in [0.5, 0.6) is 0 Å². The van der Waals surface area contributed by atoms with Crippen LogP contribution in [-0.4, -0.2) is 26.6 Å². The summed E-state index contributed by atoms with van der Waals surface area (Å²) in [6, 6.07) is 9.68. The first kappa shape index (κ1) is 23.0. The van der Waals surface area contributed by atoms with Crippen molar-refractivity contribution in [2.45, 2.75) is 71.9 Å². The lowest BCUT2D eigenvalue weighted by atomic mass is 10.0. The van der Waals surface area contributed by atoms with Gasteiger partial charge in [-0.1, -0.05) is 38.8 Å². The number of pyridine rings is 1. The van der Waals surface area contributed by atoms with Gasteiger partial charge in [0.2, 0.25) is 5.91 Å². The van der Waals surface area contributed by atoms with Crippen LogP contribution in [-0.2, 0) is 11.3 Å². The standard InChI is InChI=1S/C26H33N5O2/c1-16(2)23-13-21(22-15-28-31(17(3)4)24(22)30-23)26(33)27-14-18-8-7-11-20(12-18)29-25(32)19-9-5-6-10-19/h7-8,11-13,15-17,19H,5-6,9-10,14H2,1-4H3,(H,27,33)(H,29,32). The van der Waals surface area contributed by atoms with Crippen LogP contribution < -0.4 is 10.6 Å². The molecule has 2 heterocycles. The summed E-state index contributed by atoms with van der Waals surface area (Å²) in [6.45, 7) is 8.60. The predicted octanol–water partition coefficient (Wildman–Crippen LogP) is 5.19. The maximum atomic E-state index is 13.2. The molecule has 1 fully saturated rings. The van der Waals surface area contributed by atoms with Gasteiger partial charge in [0, 0.05) is 29.9 Å². The Kier molecular flexibility index (Phi) is 6.77. The highest BCUT2D eigenvalue weighted by Crippen LogP contribution is 2.27. The van der Waals surface area contributed by atoms with E-state index in [1.54, 1.807) is 6.20 Å². The zero-order valence-electron chi connectivity index (χ0n) is 19.9. The van der Waals surface area contributed by atoms with Crippen LogP contribution >= 0.6 is 0 Å². The summed E-state index contributed by atoms with van der Waals surface area (Å²) >= 11 is 0. The average Bonchev–Trinajstić information content (AvgIpc) is 3.47. The molecule has 174 valence electrons. The summed E-state index contributed by atoms with van der Waals surface area (Å²) in [5.41, 5.74) is 3.89. The van der Waals surface area contributed by atoms with Crippen molar-refractivity contribution in [2.75, 3.05) is 5.32 Å². The van der Waals surface area contributed by atoms with E-state index in [4.69, 9.17) is 4.98 Å². The smallest absolute Gasteiger partial charge is 0.252 e. The Labute approximate surface area is 195 Å². The number of carbonyl (C=O) groups excluding carboxylic acids is 2. The molecule has 7 heteroatoms. The first-order chi connectivity index (χ1) is 15.8. The van der Waals surface area contributed by atoms with Crippen LogP contribution in [0.2, 0.25) is 0 Å². The summed E-state index contributed by atoms with van der Waals surface area (Å²) in [6.07, 6.45) is 5.91. The van der Waals surface area contributed by atoms with Crippen molar-refractivity contribution in [2.24, 2.45) is 5.92 Å². The fourth-order valence-electron chi connectivity index (χ4n) is 4.37. The minimum atomic E-state index is -0.159. The zero-order valence-corrected chi connectivity index (χ0v) is 19.9. The van der Waals surface area contributed by atoms with Gasteiger partial charge >= 0.3 is 0 Å². The van der Waals surface area contributed by atoms with Crippen molar-refractivity contribution >= 4 is 28.5 Å². The molecule has 0 saturated heterocycles. The summed E-state index contributed by atoms with van der Waals surface area (Å²) < 4.78 is 1.86. The molecule has 0 spiro atoms. The van der Waals surface area contributed by atoms with Crippen LogP contribution in [0.3, 0.4) is 0 Å². The van der Waals surface area contributed by atoms with E-state index in [9.17, 15) is 9.59 Å². The van der Waals surface area contributed by atoms with Gasteiger partial charge in [-0.05, 0) is 56.4 Å². The van der Waals surface area contributed by atoms with Gasteiger partial charge in [0.1, 0.15) is 0 Å². The third-order valence-corrected chi connectivity index (χ3v) is 6.29. The monoisotopic (exact) mass is 447 g/mol. The van der Waals surface area contributed by atoms with Crippen molar-refractivity contribution in [1.82, 2.24) is 20.1 Å². The summed E-state index contributed by atoms with van der Waals surface area (Å²) in [5.74, 6) is 0.241. The highest BCUT2D eigenvalue weighted by molar-refractivity contribution is 6.05. The Balaban J connectivity index is 1.50. The minimum Gasteiger partial charge on any atom is -0.348 e. The third-order valence-electron chi connectivity index (χ3n) is 6.29. The van der Waals surface area contributed by atoms with Crippen LogP contribution in [0, 0.1) is 5.92 Å². The number of hydrogen-bond acceptors (Lipinski definition) is 4. The number of hydrogen-bond donors (Lipinski definition) is 2. The topological polar surface area (TPSA) is 88.9 Å². The molecule has 4 rings (SSSR count). The van der Waals surface area contributed by atoms with Crippen LogP contribution in [0.4, 0.5) is 5.69 Å². The van der Waals surface area contributed by atoms with E-state index in [-0.39, 0.29) is 29.7 Å².